The van der Waals surface area contributed by atoms with Gasteiger partial charge in [-0.2, -0.15) is 0 Å². The van der Waals surface area contributed by atoms with Crippen LogP contribution in [0.25, 0.3) is 0 Å². The van der Waals surface area contributed by atoms with E-state index < -0.39 is 0 Å². The lowest BCUT2D eigenvalue weighted by Gasteiger charge is -2.35. The molecule has 0 radical (unpaired) electrons. The molecule has 2 saturated heterocycles. The van der Waals surface area contributed by atoms with Crippen LogP contribution in [0.1, 0.15) is 44.1 Å². The summed E-state index contributed by atoms with van der Waals surface area (Å²) in [4.78, 5) is 6.78. The number of phenols is 1. The van der Waals surface area contributed by atoms with E-state index >= 15 is 0 Å². The minimum absolute atomic E-state index is 0. The van der Waals surface area contributed by atoms with Gasteiger partial charge in [0.05, 0.1) is 18.8 Å². The molecule has 1 unspecified atom stereocenters. The number of aliphatic imine (C=N–C) groups is 1. The fourth-order valence-electron chi connectivity index (χ4n) is 3.90. The first-order chi connectivity index (χ1) is 13.7. The number of halogens is 1. The van der Waals surface area contributed by atoms with Gasteiger partial charge in [-0.15, -0.1) is 24.0 Å². The summed E-state index contributed by atoms with van der Waals surface area (Å²) in [7, 11) is 1.85. The summed E-state index contributed by atoms with van der Waals surface area (Å²) in [6, 6.07) is 7.45. The highest BCUT2D eigenvalue weighted by molar-refractivity contribution is 14.0. The van der Waals surface area contributed by atoms with Crippen LogP contribution in [0.3, 0.4) is 0 Å². The molecule has 6 nitrogen and oxygen atoms in total. The van der Waals surface area contributed by atoms with E-state index in [1.807, 2.05) is 19.2 Å². The van der Waals surface area contributed by atoms with Crippen molar-refractivity contribution in [3.8, 4) is 5.75 Å². The Balaban J connectivity index is 0.00000300. The van der Waals surface area contributed by atoms with Crippen molar-refractivity contribution < 1.29 is 14.6 Å². The van der Waals surface area contributed by atoms with Gasteiger partial charge in [-0.25, -0.2) is 0 Å². The van der Waals surface area contributed by atoms with Crippen molar-refractivity contribution in [3.63, 3.8) is 0 Å². The summed E-state index contributed by atoms with van der Waals surface area (Å²) in [6.45, 7) is 4.49. The lowest BCUT2D eigenvalue weighted by Crippen LogP contribution is -2.47. The number of likely N-dealkylation sites (tertiary alicyclic amines) is 1. The molecular formula is C22H36IN3O3. The van der Waals surface area contributed by atoms with Crippen molar-refractivity contribution in [2.24, 2.45) is 4.99 Å². The van der Waals surface area contributed by atoms with E-state index in [1.165, 1.54) is 18.4 Å². The smallest absolute Gasteiger partial charge is 0.193 e. The van der Waals surface area contributed by atoms with Gasteiger partial charge >= 0.3 is 0 Å². The molecule has 0 spiro atoms. The van der Waals surface area contributed by atoms with Gasteiger partial charge in [0.15, 0.2) is 5.96 Å². The zero-order valence-electron chi connectivity index (χ0n) is 17.5. The van der Waals surface area contributed by atoms with E-state index in [4.69, 9.17) is 9.47 Å². The van der Waals surface area contributed by atoms with Crippen molar-refractivity contribution >= 4 is 29.9 Å². The number of rotatable bonds is 7. The Hall–Kier alpha value is -1.06. The fourth-order valence-corrected chi connectivity index (χ4v) is 3.90. The van der Waals surface area contributed by atoms with Gasteiger partial charge in [-0.3, -0.25) is 4.99 Å². The van der Waals surface area contributed by atoms with E-state index in [1.54, 1.807) is 12.1 Å². The molecule has 1 aromatic rings. The van der Waals surface area contributed by atoms with Crippen LogP contribution in [-0.2, 0) is 15.9 Å². The summed E-state index contributed by atoms with van der Waals surface area (Å²) in [6.07, 6.45) is 8.34. The second-order valence-electron chi connectivity index (χ2n) is 7.75. The van der Waals surface area contributed by atoms with Crippen LogP contribution in [0, 0.1) is 0 Å². The molecule has 1 atom stereocenters. The zero-order chi connectivity index (χ0) is 19.6. The third-order valence-corrected chi connectivity index (χ3v) is 5.61. The maximum atomic E-state index is 9.35. The average Bonchev–Trinajstić information content (AvgIpc) is 2.75. The highest BCUT2D eigenvalue weighted by atomic mass is 127. The standard InChI is InChI=1S/C22H35N3O3.HI/c1-23-22(24-13-4-5-18-7-9-19(26)10-8-18)25-14-11-20(12-15-25)28-17-21-6-2-3-16-27-21;/h7-10,20-21,26H,2-6,11-17H2,1H3,(H,23,24);1H. The van der Waals surface area contributed by atoms with Crippen LogP contribution in [0.2, 0.25) is 0 Å². The van der Waals surface area contributed by atoms with E-state index in [0.29, 0.717) is 18.0 Å². The number of nitrogens with zero attached hydrogens (tertiary/aromatic N) is 2. The van der Waals surface area contributed by atoms with Crippen LogP contribution in [0.5, 0.6) is 5.75 Å². The normalized spacial score (nSPS) is 20.9. The van der Waals surface area contributed by atoms with E-state index in [2.05, 4.69) is 15.2 Å². The summed E-state index contributed by atoms with van der Waals surface area (Å²) in [5.74, 6) is 1.31. The molecule has 0 bridgehead atoms. The Labute approximate surface area is 192 Å². The lowest BCUT2D eigenvalue weighted by molar-refractivity contribution is -0.0721. The van der Waals surface area contributed by atoms with Gasteiger partial charge < -0.3 is 24.8 Å². The SMILES string of the molecule is CN=C(NCCCc1ccc(O)cc1)N1CCC(OCC2CCCCO2)CC1.I. The molecule has 3 rings (SSSR count). The Bertz CT molecular complexity index is 598. The van der Waals surface area contributed by atoms with Crippen molar-refractivity contribution in [2.45, 2.75) is 57.2 Å². The molecule has 1 aromatic carbocycles. The number of hydrogen-bond donors (Lipinski definition) is 2. The summed E-state index contributed by atoms with van der Waals surface area (Å²) < 4.78 is 11.9. The predicted octanol–water partition coefficient (Wildman–Crippen LogP) is 3.57. The maximum Gasteiger partial charge on any atom is 0.193 e. The fraction of sp³-hybridized carbons (Fsp3) is 0.682. The maximum absolute atomic E-state index is 9.35. The molecule has 2 aliphatic rings. The molecule has 0 aliphatic carbocycles. The minimum atomic E-state index is 0. The molecule has 0 amide bonds. The van der Waals surface area contributed by atoms with Crippen LogP contribution in [0.4, 0.5) is 0 Å². The number of phenolic OH excluding ortho intramolecular Hbond substituents is 1. The second-order valence-corrected chi connectivity index (χ2v) is 7.75. The molecule has 164 valence electrons. The Kier molecular flexibility index (Phi) is 11.1. The summed E-state index contributed by atoms with van der Waals surface area (Å²) in [5.41, 5.74) is 1.24. The Morgan fingerprint density at radius 3 is 2.62 bits per heavy atom. The molecular weight excluding hydrogens is 481 g/mol. The number of ether oxygens (including phenoxy) is 2. The largest absolute Gasteiger partial charge is 0.508 e. The third-order valence-electron chi connectivity index (χ3n) is 5.61. The number of piperidine rings is 1. The van der Waals surface area contributed by atoms with Gasteiger partial charge in [0.1, 0.15) is 5.75 Å². The van der Waals surface area contributed by atoms with Gasteiger partial charge in [0, 0.05) is 33.3 Å². The summed E-state index contributed by atoms with van der Waals surface area (Å²) >= 11 is 0. The van der Waals surface area contributed by atoms with E-state index in [-0.39, 0.29) is 24.0 Å². The molecule has 2 N–H and O–H groups in total. The number of benzene rings is 1. The topological polar surface area (TPSA) is 66.3 Å². The zero-order valence-corrected chi connectivity index (χ0v) is 19.8. The van der Waals surface area contributed by atoms with Crippen molar-refractivity contribution in [1.82, 2.24) is 10.2 Å². The Morgan fingerprint density at radius 2 is 1.97 bits per heavy atom. The lowest BCUT2D eigenvalue weighted by atomic mass is 10.1. The quantitative estimate of drug-likeness (QED) is 0.251. The molecule has 2 fully saturated rings. The number of nitrogens with one attached hydrogen (secondary N) is 1. The number of aryl methyl sites for hydroxylation is 1. The second kappa shape index (κ2) is 13.3. The van der Waals surface area contributed by atoms with E-state index in [9.17, 15) is 5.11 Å². The van der Waals surface area contributed by atoms with Gasteiger partial charge in [0.25, 0.3) is 0 Å². The predicted molar refractivity (Wildman–Crippen MR) is 127 cm³/mol. The van der Waals surface area contributed by atoms with Crippen molar-refractivity contribution in [2.75, 3.05) is 39.9 Å². The Morgan fingerprint density at radius 1 is 1.21 bits per heavy atom. The van der Waals surface area contributed by atoms with Crippen LogP contribution in [0.15, 0.2) is 29.3 Å². The first kappa shape index (κ1) is 24.2. The molecule has 2 heterocycles. The van der Waals surface area contributed by atoms with Crippen molar-refractivity contribution in [1.29, 1.82) is 0 Å². The van der Waals surface area contributed by atoms with Gasteiger partial charge in [-0.05, 0) is 62.6 Å². The summed E-state index contributed by atoms with van der Waals surface area (Å²) in [5, 5.41) is 12.8. The number of aromatic hydroxyl groups is 1. The van der Waals surface area contributed by atoms with Crippen LogP contribution >= 0.6 is 24.0 Å². The first-order valence-corrected chi connectivity index (χ1v) is 10.7. The molecule has 2 aliphatic heterocycles. The average molecular weight is 517 g/mol. The van der Waals surface area contributed by atoms with Crippen LogP contribution < -0.4 is 5.32 Å². The molecule has 0 saturated carbocycles. The molecule has 29 heavy (non-hydrogen) atoms. The van der Waals surface area contributed by atoms with E-state index in [0.717, 1.165) is 70.9 Å². The minimum Gasteiger partial charge on any atom is -0.508 e. The van der Waals surface area contributed by atoms with Crippen molar-refractivity contribution in [3.05, 3.63) is 29.8 Å². The highest BCUT2D eigenvalue weighted by Gasteiger charge is 2.23. The van der Waals surface area contributed by atoms with Gasteiger partial charge in [-0.1, -0.05) is 12.1 Å². The molecule has 0 aromatic heterocycles. The highest BCUT2D eigenvalue weighted by Crippen LogP contribution is 2.18. The molecule has 7 heteroatoms. The number of guanidine groups is 1. The van der Waals surface area contributed by atoms with Crippen LogP contribution in [-0.4, -0.2) is 68.1 Å². The van der Waals surface area contributed by atoms with Gasteiger partial charge in [0.2, 0.25) is 0 Å². The number of hydrogen-bond acceptors (Lipinski definition) is 4. The monoisotopic (exact) mass is 517 g/mol. The third kappa shape index (κ3) is 8.30. The first-order valence-electron chi connectivity index (χ1n) is 10.7.